The first-order valence-corrected chi connectivity index (χ1v) is 13.3. The molecule has 0 aliphatic carbocycles. The Balaban J connectivity index is 0.000000322. The van der Waals surface area contributed by atoms with Crippen LogP contribution in [0.3, 0.4) is 0 Å². The second kappa shape index (κ2) is 13.6. The van der Waals surface area contributed by atoms with Crippen LogP contribution in [0, 0.1) is 0 Å². The molecule has 0 radical (unpaired) electrons. The normalized spacial score (nSPS) is 17.5. The molecule has 3 aromatic rings. The van der Waals surface area contributed by atoms with Crippen molar-refractivity contribution in [2.75, 3.05) is 38.2 Å². The molecule has 0 saturated carbocycles. The third-order valence-electron chi connectivity index (χ3n) is 6.44. The molecular weight excluding hydrogens is 508 g/mol. The number of alkyl halides is 2. The summed E-state index contributed by atoms with van der Waals surface area (Å²) < 4.78 is 31.6. The summed E-state index contributed by atoms with van der Waals surface area (Å²) in [4.78, 5) is 35.1. The molecule has 0 spiro atoms. The molecule has 1 N–H and O–H groups in total. The van der Waals surface area contributed by atoms with Gasteiger partial charge >= 0.3 is 6.09 Å². The summed E-state index contributed by atoms with van der Waals surface area (Å²) in [5.41, 5.74) is 2.97. The second-order valence-corrected chi connectivity index (χ2v) is 9.46. The number of carbonyl (C=O) groups excluding carboxylic acids is 2. The molecule has 2 fully saturated rings. The smallest absolute Gasteiger partial charge is 0.415 e. The molecule has 1 atom stereocenters. The van der Waals surface area contributed by atoms with Crippen molar-refractivity contribution in [1.82, 2.24) is 19.4 Å². The number of amides is 1. The number of anilines is 1. The zero-order chi connectivity index (χ0) is 28.6. The standard InChI is InChI=1S/C20H20N4O4.C6H11F2N.C2H6/c1-13(26)2-3-16-9-15-8-14(12-25)10-22-19(15)24(16)17-4-5-18(21-11-17)23-6-7-28-20(23)27;1-9-4-2-6(7,8)3-5-9;1-2/h4-5,8-13,26H,2-3,6-7H2,1H3;2-5H2,1H3;1-2H3. The van der Waals surface area contributed by atoms with Gasteiger partial charge in [0.25, 0.3) is 5.92 Å². The highest BCUT2D eigenvalue weighted by molar-refractivity contribution is 5.88. The van der Waals surface area contributed by atoms with Crippen LogP contribution >= 0.6 is 0 Å². The minimum atomic E-state index is -2.38. The highest BCUT2D eigenvalue weighted by atomic mass is 19.3. The number of hydrogen-bond acceptors (Lipinski definition) is 7. The number of nitrogens with zero attached hydrogens (tertiary/aromatic N) is 5. The third kappa shape index (κ3) is 7.79. The highest BCUT2D eigenvalue weighted by Gasteiger charge is 2.32. The van der Waals surface area contributed by atoms with E-state index in [2.05, 4.69) is 9.97 Å². The van der Waals surface area contributed by atoms with Gasteiger partial charge in [-0.15, -0.1) is 0 Å². The zero-order valence-corrected chi connectivity index (χ0v) is 22.9. The molecular formula is C28H37F2N5O4. The van der Waals surface area contributed by atoms with Crippen LogP contribution in [-0.4, -0.2) is 82.2 Å². The van der Waals surface area contributed by atoms with Crippen LogP contribution in [0.2, 0.25) is 0 Å². The summed E-state index contributed by atoms with van der Waals surface area (Å²) in [7, 11) is 1.87. The quantitative estimate of drug-likeness (QED) is 0.441. The van der Waals surface area contributed by atoms with Gasteiger partial charge in [-0.05, 0) is 51.1 Å². The number of pyridine rings is 2. The number of aldehydes is 1. The van der Waals surface area contributed by atoms with Crippen LogP contribution in [0.4, 0.5) is 19.4 Å². The van der Waals surface area contributed by atoms with Gasteiger partial charge < -0.3 is 14.7 Å². The summed E-state index contributed by atoms with van der Waals surface area (Å²) in [6.07, 6.45) is 4.47. The number of likely N-dealkylation sites (tertiary alicyclic amines) is 1. The van der Waals surface area contributed by atoms with E-state index in [4.69, 9.17) is 4.74 Å². The molecule has 2 saturated heterocycles. The van der Waals surface area contributed by atoms with Crippen LogP contribution in [-0.2, 0) is 11.2 Å². The number of ether oxygens (including phenoxy) is 1. The third-order valence-corrected chi connectivity index (χ3v) is 6.44. The van der Waals surface area contributed by atoms with E-state index in [1.807, 2.05) is 42.5 Å². The average Bonchev–Trinajstić information content (AvgIpc) is 3.53. The summed E-state index contributed by atoms with van der Waals surface area (Å²) in [6.45, 7) is 7.66. The van der Waals surface area contributed by atoms with Crippen LogP contribution in [0.1, 0.15) is 56.1 Å². The van der Waals surface area contributed by atoms with Gasteiger partial charge in [0.15, 0.2) is 6.29 Å². The van der Waals surface area contributed by atoms with Gasteiger partial charge in [-0.2, -0.15) is 0 Å². The number of rotatable bonds is 6. The van der Waals surface area contributed by atoms with Crippen LogP contribution in [0.15, 0.2) is 36.7 Å². The van der Waals surface area contributed by atoms with Gasteiger partial charge in [0, 0.05) is 48.8 Å². The highest BCUT2D eigenvalue weighted by Crippen LogP contribution is 2.27. The van der Waals surface area contributed by atoms with Gasteiger partial charge in [0.1, 0.15) is 18.1 Å². The molecule has 2 aliphatic rings. The van der Waals surface area contributed by atoms with E-state index >= 15 is 0 Å². The van der Waals surface area contributed by atoms with Crippen molar-refractivity contribution in [2.45, 2.75) is 58.5 Å². The minimum Gasteiger partial charge on any atom is -0.447 e. The van der Waals surface area contributed by atoms with Crippen molar-refractivity contribution in [3.63, 3.8) is 0 Å². The first kappa shape index (κ1) is 30.1. The van der Waals surface area contributed by atoms with Crippen LogP contribution in [0.25, 0.3) is 16.7 Å². The molecule has 9 nitrogen and oxygen atoms in total. The molecule has 0 bridgehead atoms. The van der Waals surface area contributed by atoms with Crippen LogP contribution in [0.5, 0.6) is 0 Å². The number of halogens is 2. The number of aryl methyl sites for hydroxylation is 1. The van der Waals surface area contributed by atoms with E-state index in [-0.39, 0.29) is 12.8 Å². The maximum atomic E-state index is 12.4. The minimum absolute atomic E-state index is 0.0312. The lowest BCUT2D eigenvalue weighted by Gasteiger charge is -2.28. The van der Waals surface area contributed by atoms with E-state index in [1.165, 1.54) is 11.1 Å². The molecule has 2 aliphatic heterocycles. The summed E-state index contributed by atoms with van der Waals surface area (Å²) in [5, 5.41) is 10.5. The van der Waals surface area contributed by atoms with Crippen molar-refractivity contribution in [2.24, 2.45) is 0 Å². The Labute approximate surface area is 227 Å². The first-order chi connectivity index (χ1) is 18.7. The number of aliphatic hydroxyl groups excluding tert-OH is 1. The predicted molar refractivity (Wildman–Crippen MR) is 146 cm³/mol. The molecule has 5 rings (SSSR count). The molecule has 5 heterocycles. The zero-order valence-electron chi connectivity index (χ0n) is 22.9. The van der Waals surface area contributed by atoms with Crippen molar-refractivity contribution in [1.29, 1.82) is 0 Å². The second-order valence-electron chi connectivity index (χ2n) is 9.46. The van der Waals surface area contributed by atoms with Gasteiger partial charge in [0.05, 0.1) is 24.5 Å². The lowest BCUT2D eigenvalue weighted by Crippen LogP contribution is -2.36. The van der Waals surface area contributed by atoms with E-state index in [0.29, 0.717) is 56.1 Å². The van der Waals surface area contributed by atoms with E-state index in [1.54, 1.807) is 25.3 Å². The van der Waals surface area contributed by atoms with Gasteiger partial charge in [-0.1, -0.05) is 13.8 Å². The van der Waals surface area contributed by atoms with Crippen LogP contribution < -0.4 is 4.90 Å². The van der Waals surface area contributed by atoms with Gasteiger partial charge in [-0.3, -0.25) is 14.3 Å². The molecule has 1 unspecified atom stereocenters. The van der Waals surface area contributed by atoms with E-state index in [0.717, 1.165) is 23.1 Å². The topological polar surface area (TPSA) is 101 Å². The molecule has 11 heteroatoms. The number of aromatic nitrogens is 3. The maximum absolute atomic E-state index is 12.4. The fraction of sp³-hybridized carbons (Fsp3) is 0.500. The average molecular weight is 546 g/mol. The Kier molecular flexibility index (Phi) is 10.5. The maximum Gasteiger partial charge on any atom is 0.415 e. The fourth-order valence-electron chi connectivity index (χ4n) is 4.28. The largest absolute Gasteiger partial charge is 0.447 e. The number of aliphatic hydroxyl groups is 1. The summed E-state index contributed by atoms with van der Waals surface area (Å²) in [5.74, 6) is -1.85. The molecule has 3 aromatic heterocycles. The van der Waals surface area contributed by atoms with E-state index < -0.39 is 18.1 Å². The SMILES string of the molecule is CC.CC(O)CCc1cc2cc(C=O)cnc2n1-c1ccc(N2CCOC2=O)nc1.CN1CCC(F)(F)CC1. The number of fused-ring (bicyclic) bond motifs is 1. The van der Waals surface area contributed by atoms with E-state index in [9.17, 15) is 23.5 Å². The fourth-order valence-corrected chi connectivity index (χ4v) is 4.28. The Bertz CT molecular complexity index is 1240. The molecule has 212 valence electrons. The Morgan fingerprint density at radius 1 is 1.13 bits per heavy atom. The Hall–Kier alpha value is -3.44. The molecule has 1 amide bonds. The van der Waals surface area contributed by atoms with Crippen molar-refractivity contribution in [3.8, 4) is 5.69 Å². The predicted octanol–water partition coefficient (Wildman–Crippen LogP) is 4.88. The van der Waals surface area contributed by atoms with Crippen molar-refractivity contribution < 1.29 is 28.2 Å². The monoisotopic (exact) mass is 545 g/mol. The van der Waals surface area contributed by atoms with Gasteiger partial charge in [-0.25, -0.2) is 23.5 Å². The first-order valence-electron chi connectivity index (χ1n) is 13.3. The van der Waals surface area contributed by atoms with Crippen molar-refractivity contribution in [3.05, 3.63) is 47.9 Å². The Morgan fingerprint density at radius 2 is 1.85 bits per heavy atom. The number of carbonyl (C=O) groups is 2. The molecule has 0 aromatic carbocycles. The van der Waals surface area contributed by atoms with Crippen molar-refractivity contribution >= 4 is 29.2 Å². The summed E-state index contributed by atoms with van der Waals surface area (Å²) >= 11 is 0. The summed E-state index contributed by atoms with van der Waals surface area (Å²) in [6, 6.07) is 7.41. The number of cyclic esters (lactones) is 1. The number of piperidine rings is 1. The molecule has 39 heavy (non-hydrogen) atoms. The Morgan fingerprint density at radius 3 is 2.38 bits per heavy atom. The number of hydrogen-bond donors (Lipinski definition) is 1. The lowest BCUT2D eigenvalue weighted by atomic mass is 10.1. The van der Waals surface area contributed by atoms with Gasteiger partial charge in [0.2, 0.25) is 0 Å². The lowest BCUT2D eigenvalue weighted by molar-refractivity contribution is -0.0504.